The highest BCUT2D eigenvalue weighted by Gasteiger charge is 2.20. The first-order valence-electron chi connectivity index (χ1n) is 7.31. The van der Waals surface area contributed by atoms with Crippen LogP contribution in [0, 0.1) is 5.92 Å². The Kier molecular flexibility index (Phi) is 3.96. The Morgan fingerprint density at radius 1 is 1.36 bits per heavy atom. The zero-order valence-corrected chi connectivity index (χ0v) is 12.4. The fourth-order valence-electron chi connectivity index (χ4n) is 2.58. The van der Waals surface area contributed by atoms with Gasteiger partial charge in [0, 0.05) is 24.2 Å². The fraction of sp³-hybridized carbons (Fsp3) is 0.294. The Hall–Kier alpha value is -2.56. The van der Waals surface area contributed by atoms with E-state index in [0.29, 0.717) is 24.4 Å². The maximum Gasteiger partial charge on any atom is 0.267 e. The van der Waals surface area contributed by atoms with Crippen LogP contribution < -0.4 is 10.1 Å². The first-order chi connectivity index (χ1) is 10.6. The highest BCUT2D eigenvalue weighted by atomic mass is 16.5. The lowest BCUT2D eigenvalue weighted by atomic mass is 9.97. The van der Waals surface area contributed by atoms with E-state index in [2.05, 4.69) is 10.3 Å². The maximum atomic E-state index is 12.1. The van der Waals surface area contributed by atoms with Gasteiger partial charge in [-0.3, -0.25) is 9.59 Å². The molecule has 1 atom stereocenters. The fourth-order valence-corrected chi connectivity index (χ4v) is 2.58. The van der Waals surface area contributed by atoms with Gasteiger partial charge in [-0.25, -0.2) is 0 Å². The van der Waals surface area contributed by atoms with E-state index in [9.17, 15) is 9.59 Å². The number of amides is 1. The Morgan fingerprint density at radius 3 is 2.95 bits per heavy atom. The van der Waals surface area contributed by atoms with Crippen LogP contribution in [0.2, 0.25) is 0 Å². The molecular formula is C17H18N2O3. The third-order valence-electron chi connectivity index (χ3n) is 3.84. The van der Waals surface area contributed by atoms with E-state index in [-0.39, 0.29) is 17.6 Å². The molecule has 2 aromatic rings. The number of rotatable bonds is 4. The van der Waals surface area contributed by atoms with Crippen molar-refractivity contribution in [1.82, 2.24) is 10.3 Å². The van der Waals surface area contributed by atoms with E-state index in [4.69, 9.17) is 4.74 Å². The molecular weight excluding hydrogens is 280 g/mol. The van der Waals surface area contributed by atoms with Crippen LogP contribution >= 0.6 is 0 Å². The van der Waals surface area contributed by atoms with Gasteiger partial charge >= 0.3 is 0 Å². The first kappa shape index (κ1) is 14.4. The van der Waals surface area contributed by atoms with E-state index in [0.717, 1.165) is 12.2 Å². The zero-order valence-electron chi connectivity index (χ0n) is 12.4. The van der Waals surface area contributed by atoms with E-state index in [1.54, 1.807) is 12.3 Å². The summed E-state index contributed by atoms with van der Waals surface area (Å²) in [5.74, 6) is 0.917. The van der Waals surface area contributed by atoms with E-state index in [1.165, 1.54) is 12.5 Å². The highest BCUT2D eigenvalue weighted by Crippen LogP contribution is 2.26. The monoisotopic (exact) mass is 298 g/mol. The minimum absolute atomic E-state index is 0.0624. The smallest absolute Gasteiger partial charge is 0.267 e. The predicted molar refractivity (Wildman–Crippen MR) is 82.3 cm³/mol. The van der Waals surface area contributed by atoms with Gasteiger partial charge in [0.15, 0.2) is 5.78 Å². The molecule has 114 valence electrons. The minimum atomic E-state index is -0.202. The van der Waals surface area contributed by atoms with Crippen molar-refractivity contribution in [3.63, 3.8) is 0 Å². The second-order valence-corrected chi connectivity index (χ2v) is 5.56. The van der Waals surface area contributed by atoms with Gasteiger partial charge in [0.2, 0.25) is 0 Å². The molecule has 0 fully saturated rings. The van der Waals surface area contributed by atoms with Gasteiger partial charge < -0.3 is 15.0 Å². The zero-order chi connectivity index (χ0) is 15.5. The summed E-state index contributed by atoms with van der Waals surface area (Å²) < 4.78 is 5.71. The summed E-state index contributed by atoms with van der Waals surface area (Å²) in [6.45, 7) is 2.62. The van der Waals surface area contributed by atoms with Crippen molar-refractivity contribution in [2.45, 2.75) is 13.3 Å². The van der Waals surface area contributed by atoms with E-state index >= 15 is 0 Å². The number of carbonyl (C=O) groups is 2. The first-order valence-corrected chi connectivity index (χ1v) is 7.31. The van der Waals surface area contributed by atoms with Crippen molar-refractivity contribution < 1.29 is 14.3 Å². The third kappa shape index (κ3) is 3.03. The number of H-pyrrole nitrogens is 1. The van der Waals surface area contributed by atoms with E-state index < -0.39 is 0 Å². The Bertz CT molecular complexity index is 705. The lowest BCUT2D eigenvalue weighted by molar-refractivity contribution is 0.0934. The van der Waals surface area contributed by atoms with Crippen LogP contribution in [-0.4, -0.2) is 29.8 Å². The summed E-state index contributed by atoms with van der Waals surface area (Å²) in [5.41, 5.74) is 2.09. The number of ether oxygens (including phenoxy) is 1. The summed E-state index contributed by atoms with van der Waals surface area (Å²) in [6.07, 6.45) is 2.44. The van der Waals surface area contributed by atoms with E-state index in [1.807, 2.05) is 24.3 Å². The summed E-state index contributed by atoms with van der Waals surface area (Å²) in [5, 5.41) is 2.89. The van der Waals surface area contributed by atoms with Gasteiger partial charge in [-0.15, -0.1) is 0 Å². The van der Waals surface area contributed by atoms with Crippen molar-refractivity contribution >= 4 is 11.7 Å². The molecule has 1 aliphatic rings. The molecule has 1 aliphatic heterocycles. The predicted octanol–water partition coefficient (Wildman–Crippen LogP) is 2.20. The molecule has 22 heavy (non-hydrogen) atoms. The molecule has 5 nitrogen and oxygen atoms in total. The normalized spacial score (nSPS) is 16.5. The average Bonchev–Trinajstić information content (AvgIpc) is 3.03. The van der Waals surface area contributed by atoms with Gasteiger partial charge in [-0.2, -0.15) is 0 Å². The summed E-state index contributed by atoms with van der Waals surface area (Å²) in [4.78, 5) is 26.1. The number of aromatic amines is 1. The van der Waals surface area contributed by atoms with Crippen molar-refractivity contribution in [2.24, 2.45) is 5.92 Å². The SMILES string of the molecule is CC(=O)c1c[nH]c(C(=O)NCC2COc3ccccc3C2)c1. The minimum Gasteiger partial charge on any atom is -0.493 e. The molecule has 5 heteroatoms. The molecule has 0 saturated carbocycles. The molecule has 0 aliphatic carbocycles. The molecule has 0 bridgehead atoms. The lowest BCUT2D eigenvalue weighted by Gasteiger charge is -2.25. The van der Waals surface area contributed by atoms with Crippen LogP contribution in [0.4, 0.5) is 0 Å². The van der Waals surface area contributed by atoms with Gasteiger partial charge in [0.25, 0.3) is 5.91 Å². The Balaban J connectivity index is 1.56. The largest absolute Gasteiger partial charge is 0.493 e. The maximum absolute atomic E-state index is 12.1. The molecule has 1 unspecified atom stereocenters. The second-order valence-electron chi connectivity index (χ2n) is 5.56. The molecule has 0 saturated heterocycles. The van der Waals surface area contributed by atoms with Crippen molar-refractivity contribution in [3.05, 3.63) is 53.3 Å². The number of nitrogens with one attached hydrogen (secondary N) is 2. The van der Waals surface area contributed by atoms with Crippen molar-refractivity contribution in [2.75, 3.05) is 13.2 Å². The molecule has 1 aromatic carbocycles. The second kappa shape index (κ2) is 6.05. The van der Waals surface area contributed by atoms with Gasteiger partial charge in [0.05, 0.1) is 6.61 Å². The van der Waals surface area contributed by atoms with Crippen LogP contribution in [-0.2, 0) is 6.42 Å². The standard InChI is InChI=1S/C17H18N2O3/c1-11(20)14-7-15(18-9-14)17(21)19-8-12-6-13-4-2-3-5-16(13)22-10-12/h2-5,7,9,12,18H,6,8,10H2,1H3,(H,19,21). The molecule has 0 radical (unpaired) electrons. The van der Waals surface area contributed by atoms with Crippen LogP contribution in [0.5, 0.6) is 5.75 Å². The number of Topliss-reactive ketones (excluding diaryl/α,β-unsaturated/α-hetero) is 1. The summed E-state index contributed by atoms with van der Waals surface area (Å²) in [6, 6.07) is 9.54. The highest BCUT2D eigenvalue weighted by molar-refractivity contribution is 5.99. The molecule has 2 N–H and O–H groups in total. The van der Waals surface area contributed by atoms with Crippen molar-refractivity contribution in [1.29, 1.82) is 0 Å². The Morgan fingerprint density at radius 2 is 2.18 bits per heavy atom. The van der Waals surface area contributed by atoms with Gasteiger partial charge in [-0.05, 0) is 31.0 Å². The van der Waals surface area contributed by atoms with Crippen LogP contribution in [0.15, 0.2) is 36.5 Å². The van der Waals surface area contributed by atoms with Gasteiger partial charge in [-0.1, -0.05) is 18.2 Å². The third-order valence-corrected chi connectivity index (χ3v) is 3.84. The summed E-state index contributed by atoms with van der Waals surface area (Å²) >= 11 is 0. The number of hydrogen-bond donors (Lipinski definition) is 2. The molecule has 2 heterocycles. The number of ketones is 1. The number of fused-ring (bicyclic) bond motifs is 1. The number of carbonyl (C=O) groups excluding carboxylic acids is 2. The average molecular weight is 298 g/mol. The molecule has 1 aromatic heterocycles. The molecule has 3 rings (SSSR count). The number of para-hydroxylation sites is 1. The van der Waals surface area contributed by atoms with Crippen LogP contribution in [0.3, 0.4) is 0 Å². The lowest BCUT2D eigenvalue weighted by Crippen LogP contribution is -2.34. The number of benzene rings is 1. The van der Waals surface area contributed by atoms with Crippen LogP contribution in [0.1, 0.15) is 33.3 Å². The summed E-state index contributed by atoms with van der Waals surface area (Å²) in [7, 11) is 0. The number of hydrogen-bond acceptors (Lipinski definition) is 3. The van der Waals surface area contributed by atoms with Gasteiger partial charge in [0.1, 0.15) is 11.4 Å². The van der Waals surface area contributed by atoms with Crippen molar-refractivity contribution in [3.8, 4) is 5.75 Å². The van der Waals surface area contributed by atoms with Crippen LogP contribution in [0.25, 0.3) is 0 Å². The molecule has 1 amide bonds. The quantitative estimate of drug-likeness (QED) is 0.850. The Labute approximate surface area is 128 Å². The number of aromatic nitrogens is 1. The molecule has 0 spiro atoms. The topological polar surface area (TPSA) is 71.2 Å².